The zero-order valence-electron chi connectivity index (χ0n) is 21.3. The molecule has 0 saturated carbocycles. The minimum absolute atomic E-state index is 0.0737. The molecule has 0 bridgehead atoms. The Labute approximate surface area is 233 Å². The third kappa shape index (κ3) is 5.19. The normalized spacial score (nSPS) is 20.8. The number of nitrogens with two attached hydrogens (primary N) is 1. The Bertz CT molecular complexity index is 1650. The number of imide groups is 1. The van der Waals surface area contributed by atoms with E-state index in [0.717, 1.165) is 34.2 Å². The van der Waals surface area contributed by atoms with Crippen molar-refractivity contribution in [3.63, 3.8) is 0 Å². The molecule has 2 aromatic carbocycles. The molecule has 3 amide bonds. The van der Waals surface area contributed by atoms with Crippen molar-refractivity contribution in [3.8, 4) is 0 Å². The monoisotopic (exact) mass is 586 g/mol. The van der Waals surface area contributed by atoms with Crippen molar-refractivity contribution in [1.82, 2.24) is 9.88 Å². The van der Waals surface area contributed by atoms with Crippen LogP contribution in [0.25, 0.3) is 0 Å². The molecule has 0 radical (unpaired) electrons. The van der Waals surface area contributed by atoms with Crippen LogP contribution in [0.5, 0.6) is 0 Å². The van der Waals surface area contributed by atoms with Crippen molar-refractivity contribution in [2.45, 2.75) is 53.8 Å². The van der Waals surface area contributed by atoms with E-state index in [2.05, 4.69) is 31.4 Å². The number of amides is 3. The molecule has 1 fully saturated rings. The van der Waals surface area contributed by atoms with Crippen LogP contribution in [-0.4, -0.2) is 36.0 Å². The highest BCUT2D eigenvalue weighted by molar-refractivity contribution is 8.00. The molecule has 10 nitrogen and oxygen atoms in total. The third-order valence-corrected chi connectivity index (χ3v) is 10.3. The average molecular weight is 587 g/mol. The van der Waals surface area contributed by atoms with Gasteiger partial charge in [0.25, 0.3) is 0 Å². The molecule has 0 unspecified atom stereocenters. The number of sulfonamides is 1. The van der Waals surface area contributed by atoms with E-state index in [0.29, 0.717) is 15.6 Å². The highest BCUT2D eigenvalue weighted by atomic mass is 32.2. The van der Waals surface area contributed by atoms with Gasteiger partial charge < -0.3 is 5.32 Å². The van der Waals surface area contributed by atoms with Gasteiger partial charge in [-0.15, -0.1) is 0 Å². The standard InChI is InChI=1S/C26H26N4O6S3/c1-26(2,3)14-6-4-13(5-7-14)18-19-20(23(33)29-22(19)32)37-24-21(18)38-25(34)30(24)12-17(31)28-15-8-10-16(11-9-15)39(27,35)36/h4-11,18-20H,12H2,1-3H3,(H,28,31)(H2,27,35,36)(H,29,32,33)/t18-,19+,20-/m0/s1. The first-order valence-corrected chi connectivity index (χ1v) is 15.3. The van der Waals surface area contributed by atoms with Gasteiger partial charge in [-0.25, -0.2) is 13.6 Å². The number of carbonyl (C=O) groups is 3. The summed E-state index contributed by atoms with van der Waals surface area (Å²) in [4.78, 5) is 51.7. The summed E-state index contributed by atoms with van der Waals surface area (Å²) >= 11 is 2.09. The number of thiazole rings is 1. The fourth-order valence-electron chi connectivity index (χ4n) is 4.80. The quantitative estimate of drug-likeness (QED) is 0.387. The Kier molecular flexibility index (Phi) is 6.82. The van der Waals surface area contributed by atoms with Crippen molar-refractivity contribution >= 4 is 56.5 Å². The molecule has 39 heavy (non-hydrogen) atoms. The topological polar surface area (TPSA) is 157 Å². The second kappa shape index (κ2) is 9.73. The van der Waals surface area contributed by atoms with E-state index in [-0.39, 0.29) is 27.6 Å². The van der Waals surface area contributed by atoms with Gasteiger partial charge in [-0.1, -0.05) is 68.1 Å². The number of rotatable bonds is 5. The van der Waals surface area contributed by atoms with Gasteiger partial charge in [0.1, 0.15) is 11.8 Å². The number of aromatic nitrogens is 1. The van der Waals surface area contributed by atoms with Gasteiger partial charge in [-0.3, -0.25) is 29.1 Å². The summed E-state index contributed by atoms with van der Waals surface area (Å²) < 4.78 is 24.3. The van der Waals surface area contributed by atoms with Crippen molar-refractivity contribution in [2.24, 2.45) is 11.1 Å². The number of nitrogens with one attached hydrogen (secondary N) is 2. The van der Waals surface area contributed by atoms with E-state index >= 15 is 0 Å². The number of thioether (sulfide) groups is 1. The fraction of sp³-hybridized carbons (Fsp3) is 0.308. The van der Waals surface area contributed by atoms with Gasteiger partial charge in [0.15, 0.2) is 0 Å². The highest BCUT2D eigenvalue weighted by Crippen LogP contribution is 2.51. The number of primary sulfonamides is 1. The lowest BCUT2D eigenvalue weighted by Gasteiger charge is -2.31. The first-order valence-electron chi connectivity index (χ1n) is 12.0. The third-order valence-electron chi connectivity index (χ3n) is 6.79. The van der Waals surface area contributed by atoms with Crippen molar-refractivity contribution in [1.29, 1.82) is 0 Å². The molecule has 2 aliphatic heterocycles. The Morgan fingerprint density at radius 1 is 1.03 bits per heavy atom. The SMILES string of the molecule is CC(C)(C)c1ccc([C@@H]2c3sc(=O)n(CC(=O)Nc4ccc(S(N)(=O)=O)cc4)c3S[C@@H]3C(=O)NC(=O)[C@H]23)cc1. The number of hydrogen-bond donors (Lipinski definition) is 3. The molecule has 4 N–H and O–H groups in total. The molecule has 3 atom stereocenters. The predicted molar refractivity (Wildman–Crippen MR) is 148 cm³/mol. The maximum Gasteiger partial charge on any atom is 0.308 e. The summed E-state index contributed by atoms with van der Waals surface area (Å²) in [7, 11) is -3.87. The second-order valence-electron chi connectivity index (χ2n) is 10.5. The molecule has 0 aliphatic carbocycles. The van der Waals surface area contributed by atoms with E-state index in [4.69, 9.17) is 5.14 Å². The van der Waals surface area contributed by atoms with Crippen LogP contribution in [0.2, 0.25) is 0 Å². The number of nitrogens with zero attached hydrogens (tertiary/aromatic N) is 1. The first kappa shape index (κ1) is 27.3. The van der Waals surface area contributed by atoms with Gasteiger partial charge in [-0.05, 0) is 40.8 Å². The molecular formula is C26H26N4O6S3. The minimum atomic E-state index is -3.87. The molecule has 3 heterocycles. The summed E-state index contributed by atoms with van der Waals surface area (Å²) in [6, 6.07) is 13.2. The Morgan fingerprint density at radius 2 is 1.67 bits per heavy atom. The van der Waals surface area contributed by atoms with Crippen molar-refractivity contribution < 1.29 is 22.8 Å². The van der Waals surface area contributed by atoms with E-state index < -0.39 is 38.9 Å². The van der Waals surface area contributed by atoms with Crippen LogP contribution in [0.4, 0.5) is 5.69 Å². The summed E-state index contributed by atoms with van der Waals surface area (Å²) in [5.41, 5.74) is 2.18. The minimum Gasteiger partial charge on any atom is -0.325 e. The summed E-state index contributed by atoms with van der Waals surface area (Å²) in [5.74, 6) is -2.49. The largest absolute Gasteiger partial charge is 0.325 e. The van der Waals surface area contributed by atoms with Crippen LogP contribution < -0.4 is 20.6 Å². The molecule has 1 saturated heterocycles. The van der Waals surface area contributed by atoms with Gasteiger partial charge in [-0.2, -0.15) is 0 Å². The van der Waals surface area contributed by atoms with E-state index in [1.807, 2.05) is 24.3 Å². The molecule has 13 heteroatoms. The smallest absolute Gasteiger partial charge is 0.308 e. The maximum atomic E-state index is 13.1. The average Bonchev–Trinajstić information content (AvgIpc) is 3.31. The molecule has 1 aromatic heterocycles. The number of carbonyl (C=O) groups excluding carboxylic acids is 3. The lowest BCUT2D eigenvalue weighted by atomic mass is 9.81. The van der Waals surface area contributed by atoms with Crippen LogP contribution in [0.3, 0.4) is 0 Å². The molecule has 0 spiro atoms. The predicted octanol–water partition coefficient (Wildman–Crippen LogP) is 2.37. The van der Waals surface area contributed by atoms with E-state index in [1.165, 1.54) is 28.8 Å². The van der Waals surface area contributed by atoms with Crippen molar-refractivity contribution in [2.75, 3.05) is 5.32 Å². The second-order valence-corrected chi connectivity index (χ2v) is 14.2. The van der Waals surface area contributed by atoms with Crippen LogP contribution in [0, 0.1) is 5.92 Å². The molecule has 5 rings (SSSR count). The molecular weight excluding hydrogens is 561 g/mol. The number of hydrogen-bond acceptors (Lipinski definition) is 8. The molecule has 204 valence electrons. The Morgan fingerprint density at radius 3 is 2.26 bits per heavy atom. The van der Waals surface area contributed by atoms with Gasteiger partial charge in [0.05, 0.1) is 15.8 Å². The molecule has 2 aliphatic rings. The lowest BCUT2D eigenvalue weighted by Crippen LogP contribution is -2.32. The lowest BCUT2D eigenvalue weighted by molar-refractivity contribution is -0.126. The van der Waals surface area contributed by atoms with Gasteiger partial charge in [0, 0.05) is 16.5 Å². The number of fused-ring (bicyclic) bond motifs is 2. The zero-order valence-corrected chi connectivity index (χ0v) is 23.7. The maximum absolute atomic E-state index is 13.1. The van der Waals surface area contributed by atoms with Crippen molar-refractivity contribution in [3.05, 3.63) is 74.2 Å². The van der Waals surface area contributed by atoms with E-state index in [1.54, 1.807) is 0 Å². The number of benzene rings is 2. The van der Waals surface area contributed by atoms with Gasteiger partial charge in [0.2, 0.25) is 27.7 Å². The van der Waals surface area contributed by atoms with E-state index in [9.17, 15) is 27.6 Å². The zero-order chi connectivity index (χ0) is 28.3. The van der Waals surface area contributed by atoms with Crippen LogP contribution in [0.1, 0.15) is 42.7 Å². The van der Waals surface area contributed by atoms with Gasteiger partial charge >= 0.3 is 4.87 Å². The highest BCUT2D eigenvalue weighted by Gasteiger charge is 2.52. The Hall–Kier alpha value is -3.26. The summed E-state index contributed by atoms with van der Waals surface area (Å²) in [6.07, 6.45) is 0. The number of anilines is 1. The van der Waals surface area contributed by atoms with Crippen LogP contribution >= 0.6 is 23.1 Å². The molecule has 3 aromatic rings. The van der Waals surface area contributed by atoms with Crippen LogP contribution in [-0.2, 0) is 36.4 Å². The summed E-state index contributed by atoms with van der Waals surface area (Å²) in [6.45, 7) is 5.98. The van der Waals surface area contributed by atoms with Crippen LogP contribution in [0.15, 0.2) is 63.2 Å². The Balaban J connectivity index is 1.48. The fourth-order valence-corrected chi connectivity index (χ4v) is 8.05. The summed E-state index contributed by atoms with van der Waals surface area (Å²) in [5, 5.41) is 9.94. The first-order chi connectivity index (χ1) is 18.2.